The molecule has 8 N–H and O–H groups in total. The Morgan fingerprint density at radius 3 is 1.87 bits per heavy atom. The summed E-state index contributed by atoms with van der Waals surface area (Å²) in [6.07, 6.45) is 3.78. The van der Waals surface area contributed by atoms with Crippen LogP contribution in [0.2, 0.25) is 0 Å². The Bertz CT molecular complexity index is 1290. The second-order valence-corrected chi connectivity index (χ2v) is 12.4. The highest BCUT2D eigenvalue weighted by atomic mass is 16.2. The van der Waals surface area contributed by atoms with Gasteiger partial charge < -0.3 is 32.7 Å². The fourth-order valence-corrected chi connectivity index (χ4v) is 5.88. The van der Waals surface area contributed by atoms with Crippen LogP contribution in [0.3, 0.4) is 0 Å². The van der Waals surface area contributed by atoms with Crippen LogP contribution in [0, 0.1) is 5.92 Å². The van der Waals surface area contributed by atoms with E-state index in [0.29, 0.717) is 32.1 Å². The molecule has 2 aromatic rings. The number of carbonyl (C=O) groups excluding carboxylic acids is 4. The Kier molecular flexibility index (Phi) is 13.1. The highest BCUT2D eigenvalue weighted by Crippen LogP contribution is 2.32. The number of carbonyl (C=O) groups is 4. The molecule has 1 fully saturated rings. The van der Waals surface area contributed by atoms with Crippen LogP contribution < -0.4 is 32.7 Å². The van der Waals surface area contributed by atoms with Gasteiger partial charge in [-0.25, -0.2) is 0 Å². The first kappa shape index (κ1) is 36.1. The highest BCUT2D eigenvalue weighted by Gasteiger charge is 2.45. The van der Waals surface area contributed by atoms with Gasteiger partial charge in [0.25, 0.3) is 0 Å². The molecule has 11 heteroatoms. The summed E-state index contributed by atoms with van der Waals surface area (Å²) < 4.78 is 0. The van der Waals surface area contributed by atoms with Gasteiger partial charge in [0, 0.05) is 12.5 Å². The number of nitrogens with one attached hydrogen (secondary N) is 4. The lowest BCUT2D eigenvalue weighted by Crippen LogP contribution is -2.64. The minimum absolute atomic E-state index is 0.0645. The number of nitrogens with two attached hydrogens (primary N) is 2. The molecular weight excluding hydrogens is 582 g/mol. The van der Waals surface area contributed by atoms with Gasteiger partial charge in [0.1, 0.15) is 17.1 Å². The third kappa shape index (κ3) is 9.31. The van der Waals surface area contributed by atoms with Crippen LogP contribution in [-0.2, 0) is 19.2 Å². The van der Waals surface area contributed by atoms with Crippen molar-refractivity contribution < 1.29 is 19.2 Å². The minimum Gasteiger partial charge on any atom is -0.370 e. The van der Waals surface area contributed by atoms with Gasteiger partial charge >= 0.3 is 0 Å². The molecule has 46 heavy (non-hydrogen) atoms. The lowest BCUT2D eigenvalue weighted by atomic mass is 9.89. The SMILES string of the molecule is CCC(CC)(NC(=O)C(C)C)C(=O)N[C@@H](CCCN=C(N)N)C(=O)NC1(C(=O)NC(c2ccccc2)c2ccccc2)CCCC1. The van der Waals surface area contributed by atoms with Gasteiger partial charge in [-0.05, 0) is 49.7 Å². The molecule has 0 aromatic heterocycles. The van der Waals surface area contributed by atoms with Crippen molar-refractivity contribution >= 4 is 29.6 Å². The zero-order valence-electron chi connectivity index (χ0n) is 27.6. The first-order chi connectivity index (χ1) is 22.0. The van der Waals surface area contributed by atoms with Crippen molar-refractivity contribution in [2.45, 2.75) is 102 Å². The average Bonchev–Trinajstić information content (AvgIpc) is 3.53. The number of hydrogen-bond acceptors (Lipinski definition) is 5. The highest BCUT2D eigenvalue weighted by molar-refractivity contribution is 5.97. The van der Waals surface area contributed by atoms with E-state index in [2.05, 4.69) is 26.3 Å². The predicted octanol–water partition coefficient (Wildman–Crippen LogP) is 3.19. The maximum atomic E-state index is 14.2. The van der Waals surface area contributed by atoms with E-state index in [-0.39, 0.29) is 36.7 Å². The molecule has 0 aliphatic heterocycles. The summed E-state index contributed by atoms with van der Waals surface area (Å²) in [7, 11) is 0. The maximum Gasteiger partial charge on any atom is 0.246 e. The van der Waals surface area contributed by atoms with Crippen LogP contribution >= 0.6 is 0 Å². The Hall–Kier alpha value is -4.41. The summed E-state index contributed by atoms with van der Waals surface area (Å²) in [6, 6.07) is 18.0. The number of benzene rings is 2. The molecule has 11 nitrogen and oxygen atoms in total. The Morgan fingerprint density at radius 2 is 1.39 bits per heavy atom. The van der Waals surface area contributed by atoms with Crippen molar-refractivity contribution in [2.75, 3.05) is 6.54 Å². The van der Waals surface area contributed by atoms with Crippen LogP contribution in [-0.4, -0.2) is 53.3 Å². The second-order valence-electron chi connectivity index (χ2n) is 12.4. The smallest absolute Gasteiger partial charge is 0.246 e. The molecule has 4 amide bonds. The summed E-state index contributed by atoms with van der Waals surface area (Å²) in [5.41, 5.74) is 10.5. The molecule has 0 saturated heterocycles. The zero-order chi connectivity index (χ0) is 33.7. The fourth-order valence-electron chi connectivity index (χ4n) is 5.88. The normalized spacial score (nSPS) is 14.7. The van der Waals surface area contributed by atoms with E-state index in [9.17, 15) is 19.2 Å². The molecular formula is C35H51N7O4. The summed E-state index contributed by atoms with van der Waals surface area (Å²) in [4.78, 5) is 58.7. The van der Waals surface area contributed by atoms with Crippen LogP contribution in [0.5, 0.6) is 0 Å². The molecule has 3 rings (SSSR count). The van der Waals surface area contributed by atoms with Gasteiger partial charge in [0.2, 0.25) is 23.6 Å². The van der Waals surface area contributed by atoms with Gasteiger partial charge in [-0.3, -0.25) is 24.2 Å². The molecule has 1 aliphatic carbocycles. The van der Waals surface area contributed by atoms with Crippen LogP contribution in [0.4, 0.5) is 0 Å². The van der Waals surface area contributed by atoms with E-state index < -0.39 is 35.0 Å². The van der Waals surface area contributed by atoms with Gasteiger partial charge in [0.15, 0.2) is 5.96 Å². The lowest BCUT2D eigenvalue weighted by Gasteiger charge is -2.36. The molecule has 1 saturated carbocycles. The Labute approximate surface area is 272 Å². The molecule has 2 aromatic carbocycles. The van der Waals surface area contributed by atoms with Gasteiger partial charge in [-0.15, -0.1) is 0 Å². The van der Waals surface area contributed by atoms with Crippen molar-refractivity contribution in [2.24, 2.45) is 22.4 Å². The molecule has 0 heterocycles. The van der Waals surface area contributed by atoms with Crippen molar-refractivity contribution in [1.29, 1.82) is 0 Å². The standard InChI is InChI=1S/C35H51N7O4/c1-5-34(6-2,41-29(43)24(3)4)31(45)39-27(20-15-23-38-33(36)37)30(44)42-35(21-13-14-22-35)32(46)40-28(25-16-9-7-10-17-25)26-18-11-8-12-19-26/h7-12,16-19,24,27-28H,5-6,13-15,20-23H2,1-4H3,(H,39,45)(H,40,46)(H,41,43)(H,42,44)(H4,36,37,38)/t27-/m0/s1. The first-order valence-electron chi connectivity index (χ1n) is 16.4. The van der Waals surface area contributed by atoms with Crippen molar-refractivity contribution in [1.82, 2.24) is 21.3 Å². The fraction of sp³-hybridized carbons (Fsp3) is 0.514. The molecule has 250 valence electrons. The lowest BCUT2D eigenvalue weighted by molar-refractivity contribution is -0.139. The minimum atomic E-state index is -1.19. The number of amides is 4. The largest absolute Gasteiger partial charge is 0.370 e. The Morgan fingerprint density at radius 1 is 0.848 bits per heavy atom. The first-order valence-corrected chi connectivity index (χ1v) is 16.4. The summed E-state index contributed by atoms with van der Waals surface area (Å²) >= 11 is 0. The van der Waals surface area contributed by atoms with Crippen molar-refractivity contribution in [3.63, 3.8) is 0 Å². The van der Waals surface area contributed by atoms with Gasteiger partial charge in [-0.1, -0.05) is 101 Å². The molecule has 0 radical (unpaired) electrons. The monoisotopic (exact) mass is 633 g/mol. The van der Waals surface area contributed by atoms with Crippen molar-refractivity contribution in [3.8, 4) is 0 Å². The van der Waals surface area contributed by atoms with Crippen molar-refractivity contribution in [3.05, 3.63) is 71.8 Å². The number of aliphatic imine (C=N–C) groups is 1. The maximum absolute atomic E-state index is 14.2. The molecule has 0 unspecified atom stereocenters. The quantitative estimate of drug-likeness (QED) is 0.0938. The number of hydrogen-bond donors (Lipinski definition) is 6. The molecule has 1 atom stereocenters. The van der Waals surface area contributed by atoms with E-state index in [1.54, 1.807) is 13.8 Å². The van der Waals surface area contributed by atoms with E-state index in [1.165, 1.54) is 0 Å². The number of nitrogens with zero attached hydrogens (tertiary/aromatic N) is 1. The average molecular weight is 634 g/mol. The van der Waals surface area contributed by atoms with Gasteiger partial charge in [0.05, 0.1) is 6.04 Å². The topological polar surface area (TPSA) is 181 Å². The van der Waals surface area contributed by atoms with E-state index in [1.807, 2.05) is 74.5 Å². The summed E-state index contributed by atoms with van der Waals surface area (Å²) in [6.45, 7) is 7.43. The summed E-state index contributed by atoms with van der Waals surface area (Å²) in [5, 5.41) is 12.1. The van der Waals surface area contributed by atoms with Crippen LogP contribution in [0.15, 0.2) is 65.7 Å². The number of rotatable bonds is 16. The Balaban J connectivity index is 1.88. The zero-order valence-corrected chi connectivity index (χ0v) is 27.6. The van der Waals surface area contributed by atoms with Crippen LogP contribution in [0.1, 0.15) is 96.2 Å². The van der Waals surface area contributed by atoms with E-state index in [0.717, 1.165) is 24.0 Å². The van der Waals surface area contributed by atoms with Crippen LogP contribution in [0.25, 0.3) is 0 Å². The van der Waals surface area contributed by atoms with E-state index >= 15 is 0 Å². The van der Waals surface area contributed by atoms with E-state index in [4.69, 9.17) is 11.5 Å². The summed E-state index contributed by atoms with van der Waals surface area (Å²) in [5.74, 6) is -1.83. The second kappa shape index (κ2) is 16.8. The molecule has 0 bridgehead atoms. The number of guanidine groups is 1. The molecule has 1 aliphatic rings. The third-order valence-electron chi connectivity index (χ3n) is 8.89. The third-order valence-corrected chi connectivity index (χ3v) is 8.89. The van der Waals surface area contributed by atoms with Gasteiger partial charge in [-0.2, -0.15) is 0 Å². The predicted molar refractivity (Wildman–Crippen MR) is 180 cm³/mol. The molecule has 0 spiro atoms.